The first-order valence-electron chi connectivity index (χ1n) is 5.21. The average Bonchev–Trinajstić information content (AvgIpc) is 2.57. The summed E-state index contributed by atoms with van der Waals surface area (Å²) >= 11 is 0. The zero-order valence-electron chi connectivity index (χ0n) is 8.05. The van der Waals surface area contributed by atoms with E-state index in [1.54, 1.807) is 0 Å². The molecule has 0 bridgehead atoms. The van der Waals surface area contributed by atoms with E-state index in [4.69, 9.17) is 9.78 Å². The molecule has 2 heteroatoms. The molecular weight excluding hydrogens is 152 g/mol. The molecule has 0 amide bonds. The molecule has 1 aliphatic heterocycles. The largest absolute Gasteiger partial charge is 0.236 e. The lowest BCUT2D eigenvalue weighted by atomic mass is 10.1. The van der Waals surface area contributed by atoms with Crippen molar-refractivity contribution in [1.82, 2.24) is 0 Å². The Morgan fingerprint density at radius 1 is 1.17 bits per heavy atom. The van der Waals surface area contributed by atoms with Crippen LogP contribution in [0.3, 0.4) is 0 Å². The van der Waals surface area contributed by atoms with E-state index in [-0.39, 0.29) is 0 Å². The summed E-state index contributed by atoms with van der Waals surface area (Å²) in [6.45, 7) is 3.04. The summed E-state index contributed by atoms with van der Waals surface area (Å²) in [5.74, 6) is 0. The Kier molecular flexibility index (Phi) is 5.37. The minimum Gasteiger partial charge on any atom is -0.236 e. The van der Waals surface area contributed by atoms with Crippen molar-refractivity contribution < 1.29 is 9.78 Å². The van der Waals surface area contributed by atoms with Crippen molar-refractivity contribution in [3.8, 4) is 0 Å². The predicted octanol–water partition coefficient (Wildman–Crippen LogP) is 3.07. The lowest BCUT2D eigenvalue weighted by molar-refractivity contribution is -0.275. The number of hydrogen-bond acceptors (Lipinski definition) is 2. The molecule has 1 fully saturated rings. The van der Waals surface area contributed by atoms with Crippen molar-refractivity contribution in [2.75, 3.05) is 6.61 Å². The standard InChI is InChI=1S/C10H20O2/c1-2-3-4-5-6-7-10-8-9-11-12-10/h10H,2-9H2,1H3. The van der Waals surface area contributed by atoms with E-state index in [0.29, 0.717) is 6.10 Å². The van der Waals surface area contributed by atoms with Crippen molar-refractivity contribution >= 4 is 0 Å². The first-order chi connectivity index (χ1) is 5.93. The minimum absolute atomic E-state index is 0.395. The van der Waals surface area contributed by atoms with Crippen LogP contribution in [0.5, 0.6) is 0 Å². The summed E-state index contributed by atoms with van der Waals surface area (Å²) in [5.41, 5.74) is 0. The summed E-state index contributed by atoms with van der Waals surface area (Å²) in [7, 11) is 0. The maximum absolute atomic E-state index is 5.06. The SMILES string of the molecule is CCCCCCCC1CCOO1. The summed E-state index contributed by atoms with van der Waals surface area (Å²) in [6.07, 6.45) is 9.40. The van der Waals surface area contributed by atoms with E-state index in [0.717, 1.165) is 13.0 Å². The summed E-state index contributed by atoms with van der Waals surface area (Å²) in [5, 5.41) is 0. The molecule has 1 unspecified atom stereocenters. The highest BCUT2D eigenvalue weighted by Gasteiger charge is 2.15. The molecule has 1 saturated heterocycles. The van der Waals surface area contributed by atoms with Gasteiger partial charge in [0.2, 0.25) is 0 Å². The van der Waals surface area contributed by atoms with Crippen LogP contribution in [-0.2, 0) is 9.78 Å². The molecule has 0 aromatic carbocycles. The highest BCUT2D eigenvalue weighted by atomic mass is 17.2. The fourth-order valence-corrected chi connectivity index (χ4v) is 1.54. The van der Waals surface area contributed by atoms with Crippen LogP contribution >= 0.6 is 0 Å². The van der Waals surface area contributed by atoms with Gasteiger partial charge in [0.1, 0.15) is 0 Å². The van der Waals surface area contributed by atoms with Crippen LogP contribution in [0.25, 0.3) is 0 Å². The maximum Gasteiger partial charge on any atom is 0.0953 e. The van der Waals surface area contributed by atoms with Crippen LogP contribution in [0.1, 0.15) is 51.9 Å². The Bertz CT molecular complexity index is 98.0. The zero-order chi connectivity index (χ0) is 8.65. The van der Waals surface area contributed by atoms with Gasteiger partial charge in [-0.15, -0.1) is 0 Å². The molecule has 1 heterocycles. The molecular formula is C10H20O2. The van der Waals surface area contributed by atoms with Crippen LogP contribution < -0.4 is 0 Å². The number of hydrogen-bond donors (Lipinski definition) is 0. The van der Waals surface area contributed by atoms with Gasteiger partial charge in [0, 0.05) is 6.42 Å². The van der Waals surface area contributed by atoms with Gasteiger partial charge in [-0.05, 0) is 6.42 Å². The lowest BCUT2D eigenvalue weighted by Crippen LogP contribution is -2.03. The molecule has 0 aromatic rings. The van der Waals surface area contributed by atoms with Crippen molar-refractivity contribution in [2.45, 2.75) is 58.0 Å². The normalized spacial score (nSPS) is 23.2. The molecule has 1 aliphatic rings. The third-order valence-electron chi connectivity index (χ3n) is 2.36. The molecule has 0 aromatic heterocycles. The molecule has 1 atom stereocenters. The second kappa shape index (κ2) is 6.44. The van der Waals surface area contributed by atoms with Gasteiger partial charge >= 0.3 is 0 Å². The second-order valence-electron chi connectivity index (χ2n) is 3.53. The van der Waals surface area contributed by atoms with Gasteiger partial charge in [-0.2, -0.15) is 0 Å². The molecule has 1 rings (SSSR count). The Hall–Kier alpha value is -0.0800. The molecule has 0 spiro atoms. The quantitative estimate of drug-likeness (QED) is 0.453. The van der Waals surface area contributed by atoms with Gasteiger partial charge in [-0.3, -0.25) is 0 Å². The predicted molar refractivity (Wildman–Crippen MR) is 48.8 cm³/mol. The molecule has 0 aliphatic carbocycles. The van der Waals surface area contributed by atoms with E-state index >= 15 is 0 Å². The zero-order valence-corrected chi connectivity index (χ0v) is 8.05. The van der Waals surface area contributed by atoms with Crippen LogP contribution in [0.15, 0.2) is 0 Å². The van der Waals surface area contributed by atoms with Gasteiger partial charge in [0.15, 0.2) is 0 Å². The highest BCUT2D eigenvalue weighted by molar-refractivity contribution is 4.59. The van der Waals surface area contributed by atoms with Crippen molar-refractivity contribution in [1.29, 1.82) is 0 Å². The van der Waals surface area contributed by atoms with Crippen molar-refractivity contribution in [3.05, 3.63) is 0 Å². The van der Waals surface area contributed by atoms with Crippen LogP contribution in [0, 0.1) is 0 Å². The Morgan fingerprint density at radius 3 is 2.67 bits per heavy atom. The fourth-order valence-electron chi connectivity index (χ4n) is 1.54. The molecule has 0 radical (unpaired) electrons. The third kappa shape index (κ3) is 4.07. The third-order valence-corrected chi connectivity index (χ3v) is 2.36. The van der Waals surface area contributed by atoms with Gasteiger partial charge < -0.3 is 0 Å². The lowest BCUT2D eigenvalue weighted by Gasteiger charge is -2.05. The van der Waals surface area contributed by atoms with Gasteiger partial charge in [-0.1, -0.05) is 39.0 Å². The fraction of sp³-hybridized carbons (Fsp3) is 1.00. The first-order valence-corrected chi connectivity index (χ1v) is 5.21. The Balaban J connectivity index is 1.81. The van der Waals surface area contributed by atoms with Crippen molar-refractivity contribution in [3.63, 3.8) is 0 Å². The minimum atomic E-state index is 0.395. The van der Waals surface area contributed by atoms with E-state index in [2.05, 4.69) is 6.92 Å². The molecule has 2 nitrogen and oxygen atoms in total. The van der Waals surface area contributed by atoms with Gasteiger partial charge in [0.25, 0.3) is 0 Å². The van der Waals surface area contributed by atoms with Crippen LogP contribution in [0.4, 0.5) is 0 Å². The molecule has 0 N–H and O–H groups in total. The average molecular weight is 172 g/mol. The molecule has 0 saturated carbocycles. The van der Waals surface area contributed by atoms with Gasteiger partial charge in [0.05, 0.1) is 12.7 Å². The van der Waals surface area contributed by atoms with Gasteiger partial charge in [-0.25, -0.2) is 9.78 Å². The summed E-state index contributed by atoms with van der Waals surface area (Å²) < 4.78 is 0. The second-order valence-corrected chi connectivity index (χ2v) is 3.53. The smallest absolute Gasteiger partial charge is 0.0953 e. The maximum atomic E-state index is 5.06. The van der Waals surface area contributed by atoms with E-state index in [1.807, 2.05) is 0 Å². The Labute approximate surface area is 75.2 Å². The topological polar surface area (TPSA) is 18.5 Å². The molecule has 12 heavy (non-hydrogen) atoms. The Morgan fingerprint density at radius 2 is 2.00 bits per heavy atom. The van der Waals surface area contributed by atoms with E-state index in [9.17, 15) is 0 Å². The molecule has 72 valence electrons. The summed E-state index contributed by atoms with van der Waals surface area (Å²) in [4.78, 5) is 9.89. The van der Waals surface area contributed by atoms with Crippen LogP contribution in [-0.4, -0.2) is 12.7 Å². The first kappa shape index (κ1) is 10.0. The van der Waals surface area contributed by atoms with Crippen molar-refractivity contribution in [2.24, 2.45) is 0 Å². The monoisotopic (exact) mass is 172 g/mol. The summed E-state index contributed by atoms with van der Waals surface area (Å²) in [6, 6.07) is 0. The van der Waals surface area contributed by atoms with Crippen LogP contribution in [0.2, 0.25) is 0 Å². The van der Waals surface area contributed by atoms with E-state index in [1.165, 1.54) is 38.5 Å². The van der Waals surface area contributed by atoms with E-state index < -0.39 is 0 Å². The number of rotatable bonds is 6. The number of unbranched alkanes of at least 4 members (excludes halogenated alkanes) is 4. The highest BCUT2D eigenvalue weighted by Crippen LogP contribution is 2.16.